The highest BCUT2D eigenvalue weighted by molar-refractivity contribution is 5.96. The van der Waals surface area contributed by atoms with E-state index in [9.17, 15) is 4.79 Å². The van der Waals surface area contributed by atoms with Gasteiger partial charge >= 0.3 is 0 Å². The van der Waals surface area contributed by atoms with Crippen LogP contribution in [0, 0.1) is 5.92 Å². The van der Waals surface area contributed by atoms with E-state index in [1.54, 1.807) is 25.6 Å². The fraction of sp³-hybridized carbons (Fsp3) is 0.500. The quantitative estimate of drug-likeness (QED) is 0.743. The van der Waals surface area contributed by atoms with Crippen LogP contribution in [0.2, 0.25) is 0 Å². The summed E-state index contributed by atoms with van der Waals surface area (Å²) in [5, 5.41) is 0. The van der Waals surface area contributed by atoms with E-state index in [4.69, 9.17) is 10.5 Å². The standard InChI is InChI=1S/C12H18N2O2/c1-3-9(6-13)4-12(15)10-5-11(16-2)8-14-7-10/h5,7-9H,3-4,6,13H2,1-2H3. The number of methoxy groups -OCH3 is 1. The molecule has 0 spiro atoms. The first-order valence-electron chi connectivity index (χ1n) is 5.43. The minimum Gasteiger partial charge on any atom is -0.495 e. The van der Waals surface area contributed by atoms with Gasteiger partial charge in [-0.15, -0.1) is 0 Å². The summed E-state index contributed by atoms with van der Waals surface area (Å²) in [6, 6.07) is 1.71. The van der Waals surface area contributed by atoms with Gasteiger partial charge in [-0.25, -0.2) is 0 Å². The number of ketones is 1. The highest BCUT2D eigenvalue weighted by Gasteiger charge is 2.13. The van der Waals surface area contributed by atoms with Crippen molar-refractivity contribution in [2.24, 2.45) is 11.7 Å². The third kappa shape index (κ3) is 3.31. The Hall–Kier alpha value is -1.42. The molecule has 1 aromatic rings. The zero-order chi connectivity index (χ0) is 12.0. The molecule has 0 bridgehead atoms. The van der Waals surface area contributed by atoms with E-state index in [1.807, 2.05) is 6.92 Å². The minimum atomic E-state index is 0.0729. The van der Waals surface area contributed by atoms with Crippen LogP contribution >= 0.6 is 0 Å². The van der Waals surface area contributed by atoms with Crippen molar-refractivity contribution in [2.75, 3.05) is 13.7 Å². The topological polar surface area (TPSA) is 65.2 Å². The van der Waals surface area contributed by atoms with E-state index in [-0.39, 0.29) is 11.7 Å². The van der Waals surface area contributed by atoms with Crippen LogP contribution in [0.3, 0.4) is 0 Å². The zero-order valence-electron chi connectivity index (χ0n) is 9.77. The first kappa shape index (κ1) is 12.6. The average molecular weight is 222 g/mol. The third-order valence-electron chi connectivity index (χ3n) is 2.66. The molecule has 4 heteroatoms. The monoisotopic (exact) mass is 222 g/mol. The number of rotatable bonds is 6. The fourth-order valence-electron chi connectivity index (χ4n) is 1.46. The van der Waals surface area contributed by atoms with Gasteiger partial charge in [0.2, 0.25) is 0 Å². The van der Waals surface area contributed by atoms with Crippen molar-refractivity contribution < 1.29 is 9.53 Å². The van der Waals surface area contributed by atoms with E-state index in [0.29, 0.717) is 24.3 Å². The second-order valence-corrected chi connectivity index (χ2v) is 3.75. The van der Waals surface area contributed by atoms with Crippen LogP contribution in [0.15, 0.2) is 18.5 Å². The van der Waals surface area contributed by atoms with E-state index in [2.05, 4.69) is 4.98 Å². The van der Waals surface area contributed by atoms with Gasteiger partial charge in [0.05, 0.1) is 13.3 Å². The first-order valence-corrected chi connectivity index (χ1v) is 5.43. The third-order valence-corrected chi connectivity index (χ3v) is 2.66. The molecule has 88 valence electrons. The van der Waals surface area contributed by atoms with Gasteiger partial charge in [0, 0.05) is 18.2 Å². The zero-order valence-corrected chi connectivity index (χ0v) is 9.77. The van der Waals surface area contributed by atoms with Crippen molar-refractivity contribution in [3.63, 3.8) is 0 Å². The number of hydrogen-bond donors (Lipinski definition) is 1. The molecule has 1 rings (SSSR count). The molecule has 0 aliphatic heterocycles. The minimum absolute atomic E-state index is 0.0729. The van der Waals surface area contributed by atoms with Crippen LogP contribution in [-0.4, -0.2) is 24.4 Å². The van der Waals surface area contributed by atoms with Crippen molar-refractivity contribution in [1.82, 2.24) is 4.98 Å². The molecule has 1 heterocycles. The fourth-order valence-corrected chi connectivity index (χ4v) is 1.46. The van der Waals surface area contributed by atoms with Gasteiger partial charge in [-0.1, -0.05) is 13.3 Å². The number of pyridine rings is 1. The van der Waals surface area contributed by atoms with Gasteiger partial charge in [-0.2, -0.15) is 0 Å². The summed E-state index contributed by atoms with van der Waals surface area (Å²) >= 11 is 0. The normalized spacial score (nSPS) is 12.2. The Morgan fingerprint density at radius 1 is 1.56 bits per heavy atom. The van der Waals surface area contributed by atoms with Crippen molar-refractivity contribution in [1.29, 1.82) is 0 Å². The summed E-state index contributed by atoms with van der Waals surface area (Å²) < 4.78 is 5.02. The number of nitrogens with two attached hydrogens (primary N) is 1. The van der Waals surface area contributed by atoms with Gasteiger partial charge in [0.1, 0.15) is 5.75 Å². The average Bonchev–Trinajstić information content (AvgIpc) is 2.35. The summed E-state index contributed by atoms with van der Waals surface area (Å²) in [5.74, 6) is 0.925. The van der Waals surface area contributed by atoms with Crippen LogP contribution in [-0.2, 0) is 0 Å². The molecule has 1 aromatic heterocycles. The molecule has 1 atom stereocenters. The second kappa shape index (κ2) is 6.23. The Labute approximate surface area is 95.8 Å². The van der Waals surface area contributed by atoms with Gasteiger partial charge in [-0.05, 0) is 18.5 Å². The first-order chi connectivity index (χ1) is 7.71. The molecule has 0 fully saturated rings. The molecular weight excluding hydrogens is 204 g/mol. The maximum absolute atomic E-state index is 11.9. The molecule has 0 saturated heterocycles. The highest BCUT2D eigenvalue weighted by atomic mass is 16.5. The second-order valence-electron chi connectivity index (χ2n) is 3.75. The number of nitrogens with zero attached hydrogens (tertiary/aromatic N) is 1. The van der Waals surface area contributed by atoms with Crippen molar-refractivity contribution in [2.45, 2.75) is 19.8 Å². The number of hydrogen-bond acceptors (Lipinski definition) is 4. The van der Waals surface area contributed by atoms with E-state index < -0.39 is 0 Å². The van der Waals surface area contributed by atoms with Gasteiger partial charge < -0.3 is 10.5 Å². The number of Topliss-reactive ketones (excluding diaryl/α,β-unsaturated/α-hetero) is 1. The maximum atomic E-state index is 11.9. The lowest BCUT2D eigenvalue weighted by atomic mass is 9.97. The predicted octanol–water partition coefficient (Wildman–Crippen LogP) is 1.65. The predicted molar refractivity (Wildman–Crippen MR) is 62.6 cm³/mol. The molecule has 4 nitrogen and oxygen atoms in total. The number of aromatic nitrogens is 1. The van der Waals surface area contributed by atoms with Crippen LogP contribution in [0.4, 0.5) is 0 Å². The number of carbonyl (C=O) groups is 1. The largest absolute Gasteiger partial charge is 0.495 e. The molecule has 0 radical (unpaired) electrons. The lowest BCUT2D eigenvalue weighted by Crippen LogP contribution is -2.17. The molecule has 0 aromatic carbocycles. The van der Waals surface area contributed by atoms with Crippen LogP contribution in [0.1, 0.15) is 30.1 Å². The maximum Gasteiger partial charge on any atom is 0.164 e. The molecule has 0 aliphatic carbocycles. The Bertz CT molecular complexity index is 349. The molecule has 0 saturated carbocycles. The van der Waals surface area contributed by atoms with E-state index in [0.717, 1.165) is 6.42 Å². The summed E-state index contributed by atoms with van der Waals surface area (Å²) in [6.07, 6.45) is 4.53. The van der Waals surface area contributed by atoms with E-state index in [1.165, 1.54) is 0 Å². The summed E-state index contributed by atoms with van der Waals surface area (Å²) in [7, 11) is 1.56. The van der Waals surface area contributed by atoms with Crippen LogP contribution < -0.4 is 10.5 Å². The number of ether oxygens (including phenoxy) is 1. The number of carbonyl (C=O) groups excluding carboxylic acids is 1. The smallest absolute Gasteiger partial charge is 0.164 e. The van der Waals surface area contributed by atoms with Crippen molar-refractivity contribution in [3.8, 4) is 5.75 Å². The molecule has 0 aliphatic rings. The summed E-state index contributed by atoms with van der Waals surface area (Å²) in [5.41, 5.74) is 6.16. The molecular formula is C12H18N2O2. The lowest BCUT2D eigenvalue weighted by molar-refractivity contribution is 0.0960. The van der Waals surface area contributed by atoms with Crippen molar-refractivity contribution in [3.05, 3.63) is 24.0 Å². The Balaban J connectivity index is 2.72. The van der Waals surface area contributed by atoms with Gasteiger partial charge in [0.25, 0.3) is 0 Å². The molecule has 16 heavy (non-hydrogen) atoms. The summed E-state index contributed by atoms with van der Waals surface area (Å²) in [4.78, 5) is 15.8. The molecule has 2 N–H and O–H groups in total. The Kier molecular flexibility index (Phi) is 4.92. The molecule has 0 amide bonds. The SMILES string of the molecule is CCC(CN)CC(=O)c1cncc(OC)c1. The Morgan fingerprint density at radius 3 is 2.88 bits per heavy atom. The van der Waals surface area contributed by atoms with Crippen LogP contribution in [0.5, 0.6) is 5.75 Å². The van der Waals surface area contributed by atoms with Gasteiger partial charge in [0.15, 0.2) is 5.78 Å². The highest BCUT2D eigenvalue weighted by Crippen LogP contribution is 2.15. The summed E-state index contributed by atoms with van der Waals surface area (Å²) in [6.45, 7) is 2.58. The Morgan fingerprint density at radius 2 is 2.31 bits per heavy atom. The lowest BCUT2D eigenvalue weighted by Gasteiger charge is -2.10. The van der Waals surface area contributed by atoms with Crippen molar-refractivity contribution >= 4 is 5.78 Å². The van der Waals surface area contributed by atoms with Crippen LogP contribution in [0.25, 0.3) is 0 Å². The molecule has 1 unspecified atom stereocenters. The van der Waals surface area contributed by atoms with Gasteiger partial charge in [-0.3, -0.25) is 9.78 Å². The van der Waals surface area contributed by atoms with E-state index >= 15 is 0 Å².